The second-order valence-corrected chi connectivity index (χ2v) is 18.2. The lowest BCUT2D eigenvalue weighted by Gasteiger charge is -2.46. The van der Waals surface area contributed by atoms with Crippen LogP contribution in [-0.2, 0) is 38.1 Å². The van der Waals surface area contributed by atoms with Crippen LogP contribution < -0.4 is 0 Å². The molecule has 0 bridgehead atoms. The van der Waals surface area contributed by atoms with Crippen LogP contribution in [0.25, 0.3) is 0 Å². The second kappa shape index (κ2) is 19.3. The van der Waals surface area contributed by atoms with Crippen molar-refractivity contribution in [1.82, 2.24) is 24.5 Å². The number of morpholine rings is 1. The zero-order valence-corrected chi connectivity index (χ0v) is 34.2. The molecule has 0 aromatic rings. The van der Waals surface area contributed by atoms with Crippen LogP contribution in [0, 0.1) is 11.3 Å². The van der Waals surface area contributed by atoms with Gasteiger partial charge in [-0.1, -0.05) is 20.8 Å². The minimum atomic E-state index is -0.602. The van der Waals surface area contributed by atoms with Crippen LogP contribution in [0.15, 0.2) is 0 Å². The number of nitrogens with zero attached hydrogens (tertiary/aromatic N) is 5. The third-order valence-electron chi connectivity index (χ3n) is 9.65. The lowest BCUT2D eigenvalue weighted by Crippen LogP contribution is -2.57. The predicted molar refractivity (Wildman–Crippen MR) is 201 cm³/mol. The first-order valence-electron chi connectivity index (χ1n) is 19.6. The van der Waals surface area contributed by atoms with E-state index < -0.39 is 16.8 Å². The third-order valence-corrected chi connectivity index (χ3v) is 9.65. The monoisotopic (exact) mass is 738 g/mol. The Morgan fingerprint density at radius 1 is 0.654 bits per heavy atom. The van der Waals surface area contributed by atoms with E-state index in [4.69, 9.17) is 18.9 Å². The fourth-order valence-corrected chi connectivity index (χ4v) is 7.29. The van der Waals surface area contributed by atoms with E-state index in [1.54, 1.807) is 0 Å². The highest BCUT2D eigenvalue weighted by Crippen LogP contribution is 2.38. The molecule has 3 fully saturated rings. The van der Waals surface area contributed by atoms with Crippen molar-refractivity contribution in [3.8, 4) is 0 Å². The topological polar surface area (TPSA) is 121 Å². The first-order valence-corrected chi connectivity index (χ1v) is 19.6. The van der Waals surface area contributed by atoms with Crippen molar-refractivity contribution >= 4 is 23.8 Å². The molecule has 0 aromatic heterocycles. The van der Waals surface area contributed by atoms with Gasteiger partial charge in [-0.3, -0.25) is 33.9 Å². The number of ether oxygens (including phenoxy) is 4. The van der Waals surface area contributed by atoms with Gasteiger partial charge in [0.2, 0.25) is 5.91 Å². The first-order chi connectivity index (χ1) is 24.1. The van der Waals surface area contributed by atoms with Gasteiger partial charge in [0.05, 0.1) is 44.4 Å². The summed E-state index contributed by atoms with van der Waals surface area (Å²) in [6.45, 7) is 28.3. The van der Waals surface area contributed by atoms with E-state index in [1.807, 2.05) is 53.4 Å². The molecule has 1 amide bonds. The van der Waals surface area contributed by atoms with Crippen LogP contribution in [0.4, 0.5) is 0 Å². The van der Waals surface area contributed by atoms with Crippen molar-refractivity contribution in [1.29, 1.82) is 0 Å². The number of amides is 1. The summed E-state index contributed by atoms with van der Waals surface area (Å²) >= 11 is 0. The van der Waals surface area contributed by atoms with E-state index in [0.717, 1.165) is 32.5 Å². The Labute approximate surface area is 313 Å². The molecule has 3 rings (SSSR count). The van der Waals surface area contributed by atoms with Crippen LogP contribution >= 0.6 is 0 Å². The average Bonchev–Trinajstić information content (AvgIpc) is 3.00. The van der Waals surface area contributed by atoms with Crippen molar-refractivity contribution in [3.63, 3.8) is 0 Å². The SMILES string of the molecule is CCOC(=O)C1CCC2(CC1)CN(C(=O)CN1CCN(CC(=O)OC(C)(C)C)CCN(CC(=O)OC(C)(C)C)CCN(CC(C)(C)C)CC1)CCO2. The van der Waals surface area contributed by atoms with E-state index in [9.17, 15) is 19.2 Å². The van der Waals surface area contributed by atoms with Gasteiger partial charge in [0, 0.05) is 72.0 Å². The molecule has 13 heteroatoms. The molecule has 2 saturated heterocycles. The Morgan fingerprint density at radius 3 is 1.52 bits per heavy atom. The molecule has 1 aliphatic carbocycles. The zero-order valence-electron chi connectivity index (χ0n) is 34.2. The Hall–Kier alpha value is -2.32. The molecule has 2 heterocycles. The smallest absolute Gasteiger partial charge is 0.320 e. The highest BCUT2D eigenvalue weighted by molar-refractivity contribution is 5.78. The average molecular weight is 738 g/mol. The molecule has 52 heavy (non-hydrogen) atoms. The standard InChI is InChI=1S/C39H71N5O8/c1-11-49-35(48)31-12-14-39(15-13-31)30-44(24-25-50-39)32(45)26-40-16-17-41(27-33(46)51-37(5,6)7)18-19-42(28-34(47)52-38(8,9)10)21-23-43(22-20-40)29-36(2,3)4/h31H,11-30H2,1-10H3. The first kappa shape index (κ1) is 44.1. The van der Waals surface area contributed by atoms with E-state index in [0.29, 0.717) is 78.4 Å². The fraction of sp³-hybridized carbons (Fsp3) is 0.897. The van der Waals surface area contributed by atoms with Crippen molar-refractivity contribution in [2.45, 2.75) is 112 Å². The quantitative estimate of drug-likeness (QED) is 0.255. The molecule has 3 aliphatic rings. The van der Waals surface area contributed by atoms with Crippen LogP contribution in [0.3, 0.4) is 0 Å². The third kappa shape index (κ3) is 16.4. The molecule has 13 nitrogen and oxygen atoms in total. The molecular weight excluding hydrogens is 666 g/mol. The normalized spacial score (nSPS) is 24.5. The second-order valence-electron chi connectivity index (χ2n) is 18.2. The lowest BCUT2D eigenvalue weighted by atomic mass is 9.77. The summed E-state index contributed by atoms with van der Waals surface area (Å²) in [5, 5.41) is 0. The van der Waals surface area contributed by atoms with E-state index in [1.165, 1.54) is 0 Å². The van der Waals surface area contributed by atoms with Crippen molar-refractivity contribution in [2.24, 2.45) is 11.3 Å². The summed E-state index contributed by atoms with van der Waals surface area (Å²) < 4.78 is 22.9. The van der Waals surface area contributed by atoms with Gasteiger partial charge in [-0.05, 0) is 79.6 Å². The maximum atomic E-state index is 14.0. The number of hydrogen-bond acceptors (Lipinski definition) is 12. The van der Waals surface area contributed by atoms with Gasteiger partial charge in [-0.2, -0.15) is 0 Å². The molecule has 1 saturated carbocycles. The minimum absolute atomic E-state index is 0.0618. The maximum Gasteiger partial charge on any atom is 0.320 e. The van der Waals surface area contributed by atoms with E-state index in [-0.39, 0.29) is 54.8 Å². The summed E-state index contributed by atoms with van der Waals surface area (Å²) in [4.78, 5) is 63.1. The van der Waals surface area contributed by atoms with Crippen LogP contribution in [-0.4, -0.2) is 170 Å². The summed E-state index contributed by atoms with van der Waals surface area (Å²) in [7, 11) is 0. The van der Waals surface area contributed by atoms with Crippen LogP contribution in [0.2, 0.25) is 0 Å². The molecule has 300 valence electrons. The Morgan fingerprint density at radius 2 is 1.10 bits per heavy atom. The number of rotatable bonds is 9. The van der Waals surface area contributed by atoms with Crippen molar-refractivity contribution in [2.75, 3.05) is 105 Å². The summed E-state index contributed by atoms with van der Waals surface area (Å²) in [6.07, 6.45) is 2.88. The van der Waals surface area contributed by atoms with Gasteiger partial charge in [-0.25, -0.2) is 0 Å². The van der Waals surface area contributed by atoms with Gasteiger partial charge in [0.25, 0.3) is 0 Å². The number of carbonyl (C=O) groups excluding carboxylic acids is 4. The molecule has 0 atom stereocenters. The van der Waals surface area contributed by atoms with E-state index >= 15 is 0 Å². The van der Waals surface area contributed by atoms with E-state index in [2.05, 4.69) is 40.4 Å². The molecule has 0 aromatic carbocycles. The summed E-state index contributed by atoms with van der Waals surface area (Å²) in [5.41, 5.74) is -1.53. The highest BCUT2D eigenvalue weighted by atomic mass is 16.6. The number of esters is 3. The highest BCUT2D eigenvalue weighted by Gasteiger charge is 2.43. The van der Waals surface area contributed by atoms with Gasteiger partial charge in [0.1, 0.15) is 11.2 Å². The fourth-order valence-electron chi connectivity index (χ4n) is 7.29. The van der Waals surface area contributed by atoms with Gasteiger partial charge in [0.15, 0.2) is 0 Å². The molecule has 1 spiro atoms. The minimum Gasteiger partial charge on any atom is -0.466 e. The molecule has 2 aliphatic heterocycles. The Bertz CT molecular complexity index is 1170. The predicted octanol–water partition coefficient (Wildman–Crippen LogP) is 3.29. The van der Waals surface area contributed by atoms with Crippen LogP contribution in [0.1, 0.15) is 94.9 Å². The molecule has 0 N–H and O–H groups in total. The maximum absolute atomic E-state index is 14.0. The summed E-state index contributed by atoms with van der Waals surface area (Å²) in [6, 6.07) is 0. The Balaban J connectivity index is 1.75. The lowest BCUT2D eigenvalue weighted by molar-refractivity contribution is -0.166. The van der Waals surface area contributed by atoms with Gasteiger partial charge in [-0.15, -0.1) is 0 Å². The zero-order chi connectivity index (χ0) is 38.7. The molecule has 0 radical (unpaired) electrons. The van der Waals surface area contributed by atoms with Gasteiger partial charge < -0.3 is 28.7 Å². The van der Waals surface area contributed by atoms with Crippen molar-refractivity contribution < 1.29 is 38.1 Å². The largest absolute Gasteiger partial charge is 0.466 e. The van der Waals surface area contributed by atoms with Crippen molar-refractivity contribution in [3.05, 3.63) is 0 Å². The molecular formula is C39H71N5O8. The van der Waals surface area contributed by atoms with Gasteiger partial charge >= 0.3 is 17.9 Å². The Kier molecular flexibility index (Phi) is 16.4. The molecule has 0 unspecified atom stereocenters. The number of hydrogen-bond donors (Lipinski definition) is 0. The summed E-state index contributed by atoms with van der Waals surface area (Å²) in [5.74, 6) is -0.720. The van der Waals surface area contributed by atoms with Crippen LogP contribution in [0.5, 0.6) is 0 Å². The number of carbonyl (C=O) groups is 4.